The van der Waals surface area contributed by atoms with Gasteiger partial charge in [-0.2, -0.15) is 0 Å². The molecule has 0 aliphatic heterocycles. The number of hydrogen-bond donors (Lipinski definition) is 2. The molecule has 2 rings (SSSR count). The molecule has 2 unspecified atom stereocenters. The first-order valence-corrected chi connectivity index (χ1v) is 7.78. The molecule has 0 aliphatic carbocycles. The summed E-state index contributed by atoms with van der Waals surface area (Å²) in [6.07, 6.45) is 0.447. The Balaban J connectivity index is 2.13. The minimum Gasteiger partial charge on any atom is -0.491 e. The molecule has 0 aromatic heterocycles. The monoisotopic (exact) mass is 304 g/mol. The lowest BCUT2D eigenvalue weighted by Crippen LogP contribution is -2.16. The van der Waals surface area contributed by atoms with Crippen LogP contribution < -0.4 is 9.47 Å². The molecule has 22 heavy (non-hydrogen) atoms. The highest BCUT2D eigenvalue weighted by molar-refractivity contribution is 5.89. The predicted octanol–water partition coefficient (Wildman–Crippen LogP) is 3.14. The second-order valence-corrected chi connectivity index (χ2v) is 5.39. The summed E-state index contributed by atoms with van der Waals surface area (Å²) < 4.78 is 11.3. The number of aliphatic hydroxyl groups is 2. The zero-order valence-electron chi connectivity index (χ0n) is 13.2. The van der Waals surface area contributed by atoms with Crippen LogP contribution in [0.1, 0.15) is 26.7 Å². The molecular formula is C18H24O4. The zero-order valence-corrected chi connectivity index (χ0v) is 13.2. The molecule has 2 aromatic carbocycles. The fourth-order valence-electron chi connectivity index (χ4n) is 2.06. The van der Waals surface area contributed by atoms with E-state index in [4.69, 9.17) is 9.47 Å². The van der Waals surface area contributed by atoms with Crippen LogP contribution in [0.5, 0.6) is 11.5 Å². The largest absolute Gasteiger partial charge is 0.491 e. The Hall–Kier alpha value is -1.78. The summed E-state index contributed by atoms with van der Waals surface area (Å²) in [6, 6.07) is 11.5. The van der Waals surface area contributed by atoms with Crippen molar-refractivity contribution in [3.8, 4) is 11.5 Å². The Morgan fingerprint density at radius 2 is 1.59 bits per heavy atom. The van der Waals surface area contributed by atoms with Gasteiger partial charge in [-0.05, 0) is 42.5 Å². The van der Waals surface area contributed by atoms with Crippen LogP contribution in [0.4, 0.5) is 0 Å². The molecule has 0 fully saturated rings. The second-order valence-electron chi connectivity index (χ2n) is 5.39. The van der Waals surface area contributed by atoms with E-state index in [0.717, 1.165) is 22.3 Å². The van der Waals surface area contributed by atoms with Gasteiger partial charge in [-0.3, -0.25) is 0 Å². The Kier molecular flexibility index (Phi) is 6.04. The van der Waals surface area contributed by atoms with Crippen molar-refractivity contribution < 1.29 is 19.7 Å². The van der Waals surface area contributed by atoms with Gasteiger partial charge in [0.05, 0.1) is 12.2 Å². The van der Waals surface area contributed by atoms with E-state index >= 15 is 0 Å². The first-order chi connectivity index (χ1) is 10.6. The van der Waals surface area contributed by atoms with E-state index in [-0.39, 0.29) is 6.61 Å². The average Bonchev–Trinajstić information content (AvgIpc) is 2.56. The molecule has 120 valence electrons. The lowest BCUT2D eigenvalue weighted by molar-refractivity contribution is 0.104. The van der Waals surface area contributed by atoms with Gasteiger partial charge in [0.1, 0.15) is 24.7 Å². The molecule has 2 atom stereocenters. The third-order valence-corrected chi connectivity index (χ3v) is 3.63. The van der Waals surface area contributed by atoms with Crippen LogP contribution in [-0.4, -0.2) is 35.6 Å². The van der Waals surface area contributed by atoms with E-state index in [2.05, 4.69) is 0 Å². The van der Waals surface area contributed by atoms with Gasteiger partial charge < -0.3 is 19.7 Å². The fourth-order valence-corrected chi connectivity index (χ4v) is 2.06. The summed E-state index contributed by atoms with van der Waals surface area (Å²) in [5, 5.41) is 21.2. The predicted molar refractivity (Wildman–Crippen MR) is 87.5 cm³/mol. The molecule has 2 aromatic rings. The molecule has 4 heteroatoms. The average molecular weight is 304 g/mol. The van der Waals surface area contributed by atoms with Crippen molar-refractivity contribution in [2.24, 2.45) is 0 Å². The van der Waals surface area contributed by atoms with Crippen LogP contribution in [0.3, 0.4) is 0 Å². The van der Waals surface area contributed by atoms with Crippen molar-refractivity contribution in [1.29, 1.82) is 0 Å². The molecule has 0 amide bonds. The summed E-state index contributed by atoms with van der Waals surface area (Å²) >= 11 is 0. The Morgan fingerprint density at radius 1 is 0.909 bits per heavy atom. The second kappa shape index (κ2) is 8.01. The third kappa shape index (κ3) is 4.36. The van der Waals surface area contributed by atoms with Gasteiger partial charge in [-0.25, -0.2) is 0 Å². The van der Waals surface area contributed by atoms with E-state index < -0.39 is 12.2 Å². The molecule has 0 bridgehead atoms. The van der Waals surface area contributed by atoms with Crippen molar-refractivity contribution in [3.05, 3.63) is 36.4 Å². The number of rotatable bonds is 8. The third-order valence-electron chi connectivity index (χ3n) is 3.63. The molecular weight excluding hydrogens is 280 g/mol. The van der Waals surface area contributed by atoms with Gasteiger partial charge >= 0.3 is 0 Å². The minimum atomic E-state index is -0.451. The van der Waals surface area contributed by atoms with Crippen molar-refractivity contribution in [1.82, 2.24) is 0 Å². The quantitative estimate of drug-likeness (QED) is 0.786. The highest BCUT2D eigenvalue weighted by Crippen LogP contribution is 2.29. The zero-order chi connectivity index (χ0) is 15.9. The first-order valence-electron chi connectivity index (χ1n) is 7.78. The van der Waals surface area contributed by atoms with Gasteiger partial charge in [0.15, 0.2) is 0 Å². The van der Waals surface area contributed by atoms with Crippen molar-refractivity contribution in [3.63, 3.8) is 0 Å². The first kappa shape index (κ1) is 16.6. The van der Waals surface area contributed by atoms with Crippen LogP contribution in [0.25, 0.3) is 10.8 Å². The number of hydrogen-bond acceptors (Lipinski definition) is 4. The minimum absolute atomic E-state index is 0.288. The van der Waals surface area contributed by atoms with E-state index in [0.29, 0.717) is 19.4 Å². The Morgan fingerprint density at radius 3 is 2.27 bits per heavy atom. The maximum Gasteiger partial charge on any atom is 0.127 e. The topological polar surface area (TPSA) is 58.9 Å². The summed E-state index contributed by atoms with van der Waals surface area (Å²) in [4.78, 5) is 0. The number of benzene rings is 2. The van der Waals surface area contributed by atoms with Crippen molar-refractivity contribution >= 4 is 10.8 Å². The smallest absolute Gasteiger partial charge is 0.127 e. The standard InChI is InChI=1S/C18H24O4/c1-3-14(19)11-21-16-8-9-17-13(10-16)6-5-7-18(17)22-12-15(20)4-2/h5-10,14-15,19-20H,3-4,11-12H2,1-2H3. The normalized spacial score (nSPS) is 13.8. The summed E-state index contributed by atoms with van der Waals surface area (Å²) in [5.41, 5.74) is 0. The molecule has 0 heterocycles. The molecule has 0 saturated carbocycles. The van der Waals surface area contributed by atoms with Crippen molar-refractivity contribution in [2.75, 3.05) is 13.2 Å². The van der Waals surface area contributed by atoms with Crippen LogP contribution in [-0.2, 0) is 0 Å². The van der Waals surface area contributed by atoms with E-state index in [1.807, 2.05) is 50.2 Å². The van der Waals surface area contributed by atoms with Crippen LogP contribution in [0.15, 0.2) is 36.4 Å². The Bertz CT molecular complexity index is 597. The van der Waals surface area contributed by atoms with Crippen LogP contribution >= 0.6 is 0 Å². The van der Waals surface area contributed by atoms with Gasteiger partial charge in [-0.15, -0.1) is 0 Å². The van der Waals surface area contributed by atoms with Gasteiger partial charge in [0, 0.05) is 5.39 Å². The highest BCUT2D eigenvalue weighted by Gasteiger charge is 2.07. The van der Waals surface area contributed by atoms with Crippen LogP contribution in [0, 0.1) is 0 Å². The maximum atomic E-state index is 9.61. The van der Waals surface area contributed by atoms with E-state index in [1.54, 1.807) is 0 Å². The number of ether oxygens (including phenoxy) is 2. The lowest BCUT2D eigenvalue weighted by atomic mass is 10.1. The van der Waals surface area contributed by atoms with E-state index in [1.165, 1.54) is 0 Å². The van der Waals surface area contributed by atoms with Gasteiger partial charge in [0.2, 0.25) is 0 Å². The molecule has 0 saturated heterocycles. The summed E-state index contributed by atoms with van der Waals surface area (Å²) in [6.45, 7) is 4.42. The molecule has 2 N–H and O–H groups in total. The SMILES string of the molecule is CCC(O)COc1ccc2c(OCC(O)CC)cccc2c1. The highest BCUT2D eigenvalue weighted by atomic mass is 16.5. The Labute approximate surface area is 131 Å². The molecule has 0 radical (unpaired) electrons. The van der Waals surface area contributed by atoms with Crippen molar-refractivity contribution in [2.45, 2.75) is 38.9 Å². The molecule has 0 aliphatic rings. The van der Waals surface area contributed by atoms with Gasteiger partial charge in [-0.1, -0.05) is 26.0 Å². The number of fused-ring (bicyclic) bond motifs is 1. The van der Waals surface area contributed by atoms with Gasteiger partial charge in [0.25, 0.3) is 0 Å². The number of aliphatic hydroxyl groups excluding tert-OH is 2. The molecule has 0 spiro atoms. The molecule has 4 nitrogen and oxygen atoms in total. The van der Waals surface area contributed by atoms with Crippen LogP contribution in [0.2, 0.25) is 0 Å². The van der Waals surface area contributed by atoms with E-state index in [9.17, 15) is 10.2 Å². The summed E-state index contributed by atoms with van der Waals surface area (Å²) in [5.74, 6) is 1.48. The lowest BCUT2D eigenvalue weighted by Gasteiger charge is -2.14. The fraction of sp³-hybridized carbons (Fsp3) is 0.444. The summed E-state index contributed by atoms with van der Waals surface area (Å²) in [7, 11) is 0. The maximum absolute atomic E-state index is 9.61.